The number of hydrogen-bond donors (Lipinski definition) is 1. The smallest absolute Gasteiger partial charge is 0.175 e. The zero-order chi connectivity index (χ0) is 13.1. The van der Waals surface area contributed by atoms with Crippen LogP contribution in [0.2, 0.25) is 0 Å². The minimum atomic E-state index is -3.09. The summed E-state index contributed by atoms with van der Waals surface area (Å²) in [4.78, 5) is 0.383. The van der Waals surface area contributed by atoms with Crippen molar-refractivity contribution in [2.45, 2.75) is 24.7 Å². The van der Waals surface area contributed by atoms with Crippen molar-refractivity contribution in [3.05, 3.63) is 29.8 Å². The molecule has 17 heavy (non-hydrogen) atoms. The maximum atomic E-state index is 11.4. The van der Waals surface area contributed by atoms with Gasteiger partial charge in [-0.2, -0.15) is 0 Å². The van der Waals surface area contributed by atoms with Gasteiger partial charge in [-0.3, -0.25) is 0 Å². The molecule has 1 unspecified atom stereocenters. The SMILES string of the molecule is CNCC(c1ccc(S(C)(=O)=O)cc1)C(C)C. The maximum absolute atomic E-state index is 11.4. The molecule has 0 bridgehead atoms. The van der Waals surface area contributed by atoms with Crippen molar-refractivity contribution in [2.75, 3.05) is 19.8 Å². The summed E-state index contributed by atoms with van der Waals surface area (Å²) in [5, 5.41) is 3.17. The van der Waals surface area contributed by atoms with E-state index in [0.717, 1.165) is 6.54 Å². The van der Waals surface area contributed by atoms with E-state index in [4.69, 9.17) is 0 Å². The number of nitrogens with one attached hydrogen (secondary N) is 1. The molecule has 1 aromatic carbocycles. The molecular formula is C13H21NO2S. The van der Waals surface area contributed by atoms with Gasteiger partial charge in [0, 0.05) is 12.8 Å². The molecule has 0 radical (unpaired) electrons. The lowest BCUT2D eigenvalue weighted by molar-refractivity contribution is 0.478. The molecular weight excluding hydrogens is 234 g/mol. The molecule has 0 aromatic heterocycles. The highest BCUT2D eigenvalue weighted by Gasteiger charge is 2.15. The van der Waals surface area contributed by atoms with Crippen LogP contribution in [0.1, 0.15) is 25.3 Å². The third-order valence-electron chi connectivity index (χ3n) is 2.97. The number of benzene rings is 1. The van der Waals surface area contributed by atoms with Crippen LogP contribution in [0.5, 0.6) is 0 Å². The van der Waals surface area contributed by atoms with Crippen LogP contribution >= 0.6 is 0 Å². The van der Waals surface area contributed by atoms with Gasteiger partial charge in [-0.15, -0.1) is 0 Å². The fourth-order valence-corrected chi connectivity index (χ4v) is 2.55. The van der Waals surface area contributed by atoms with Crippen LogP contribution in [0, 0.1) is 5.92 Å². The van der Waals surface area contributed by atoms with E-state index in [0.29, 0.717) is 16.7 Å². The van der Waals surface area contributed by atoms with Gasteiger partial charge in [0.25, 0.3) is 0 Å². The van der Waals surface area contributed by atoms with E-state index in [1.54, 1.807) is 12.1 Å². The topological polar surface area (TPSA) is 46.2 Å². The Hall–Kier alpha value is -0.870. The van der Waals surface area contributed by atoms with Gasteiger partial charge in [-0.25, -0.2) is 8.42 Å². The molecule has 0 aliphatic heterocycles. The highest BCUT2D eigenvalue weighted by atomic mass is 32.2. The Morgan fingerprint density at radius 2 is 1.71 bits per heavy atom. The standard InChI is InChI=1S/C13H21NO2S/c1-10(2)13(9-14-3)11-5-7-12(8-6-11)17(4,15)16/h5-8,10,13-14H,9H2,1-4H3. The van der Waals surface area contributed by atoms with E-state index >= 15 is 0 Å². The molecule has 1 rings (SSSR count). The second-order valence-corrected chi connectivity index (χ2v) is 6.77. The monoisotopic (exact) mass is 255 g/mol. The van der Waals surface area contributed by atoms with Gasteiger partial charge in [0.1, 0.15) is 0 Å². The Kier molecular flexibility index (Phi) is 4.71. The Morgan fingerprint density at radius 1 is 1.18 bits per heavy atom. The third kappa shape index (κ3) is 3.82. The fraction of sp³-hybridized carbons (Fsp3) is 0.538. The van der Waals surface area contributed by atoms with Crippen molar-refractivity contribution >= 4 is 9.84 Å². The first-order valence-electron chi connectivity index (χ1n) is 5.81. The molecule has 1 N–H and O–H groups in total. The van der Waals surface area contributed by atoms with E-state index < -0.39 is 9.84 Å². The molecule has 96 valence electrons. The lowest BCUT2D eigenvalue weighted by Gasteiger charge is -2.21. The lowest BCUT2D eigenvalue weighted by atomic mass is 9.88. The van der Waals surface area contributed by atoms with Gasteiger partial charge in [0.2, 0.25) is 0 Å². The second kappa shape index (κ2) is 5.65. The quantitative estimate of drug-likeness (QED) is 0.876. The third-order valence-corrected chi connectivity index (χ3v) is 4.09. The van der Waals surface area contributed by atoms with E-state index in [1.165, 1.54) is 11.8 Å². The van der Waals surface area contributed by atoms with Gasteiger partial charge in [-0.1, -0.05) is 26.0 Å². The highest BCUT2D eigenvalue weighted by molar-refractivity contribution is 7.90. The van der Waals surface area contributed by atoms with Gasteiger partial charge < -0.3 is 5.32 Å². The number of hydrogen-bond acceptors (Lipinski definition) is 3. The van der Waals surface area contributed by atoms with Crippen molar-refractivity contribution < 1.29 is 8.42 Å². The van der Waals surface area contributed by atoms with E-state index in [-0.39, 0.29) is 0 Å². The molecule has 1 atom stereocenters. The summed E-state index contributed by atoms with van der Waals surface area (Å²) in [6, 6.07) is 7.21. The van der Waals surface area contributed by atoms with E-state index in [9.17, 15) is 8.42 Å². The van der Waals surface area contributed by atoms with Crippen LogP contribution in [0.4, 0.5) is 0 Å². The molecule has 0 heterocycles. The summed E-state index contributed by atoms with van der Waals surface area (Å²) >= 11 is 0. The Balaban J connectivity index is 3.00. The molecule has 0 aliphatic rings. The number of likely N-dealkylation sites (N-methyl/N-ethyl adjacent to an activating group) is 1. The summed E-state index contributed by atoms with van der Waals surface area (Å²) in [6.45, 7) is 5.24. The van der Waals surface area contributed by atoms with Gasteiger partial charge in [0.05, 0.1) is 4.90 Å². The Bertz CT molecular complexity index is 449. The van der Waals surface area contributed by atoms with Crippen LogP contribution in [-0.2, 0) is 9.84 Å². The average molecular weight is 255 g/mol. The predicted octanol–water partition coefficient (Wildman–Crippen LogP) is 2.05. The zero-order valence-corrected chi connectivity index (χ0v) is 11.7. The van der Waals surface area contributed by atoms with Crippen LogP contribution in [0.25, 0.3) is 0 Å². The van der Waals surface area contributed by atoms with Crippen LogP contribution < -0.4 is 5.32 Å². The molecule has 0 amide bonds. The zero-order valence-electron chi connectivity index (χ0n) is 10.9. The average Bonchev–Trinajstić information content (AvgIpc) is 2.24. The lowest BCUT2D eigenvalue weighted by Crippen LogP contribution is -2.21. The van der Waals surface area contributed by atoms with Crippen LogP contribution in [0.15, 0.2) is 29.2 Å². The Labute approximate surface area is 104 Å². The normalized spacial score (nSPS) is 13.9. The van der Waals surface area contributed by atoms with Crippen molar-refractivity contribution in [1.82, 2.24) is 5.32 Å². The predicted molar refractivity (Wildman–Crippen MR) is 71.1 cm³/mol. The van der Waals surface area contributed by atoms with Crippen LogP contribution in [-0.4, -0.2) is 28.3 Å². The van der Waals surface area contributed by atoms with Crippen molar-refractivity contribution in [3.8, 4) is 0 Å². The summed E-state index contributed by atoms with van der Waals surface area (Å²) in [5.74, 6) is 0.931. The summed E-state index contributed by atoms with van der Waals surface area (Å²) in [5.41, 5.74) is 1.18. The largest absolute Gasteiger partial charge is 0.319 e. The highest BCUT2D eigenvalue weighted by Crippen LogP contribution is 2.24. The van der Waals surface area contributed by atoms with E-state index in [2.05, 4.69) is 19.2 Å². The molecule has 4 heteroatoms. The van der Waals surface area contributed by atoms with Gasteiger partial charge in [-0.05, 0) is 36.6 Å². The number of sulfone groups is 1. The molecule has 3 nitrogen and oxygen atoms in total. The molecule has 0 saturated heterocycles. The van der Waals surface area contributed by atoms with E-state index in [1.807, 2.05) is 19.2 Å². The summed E-state index contributed by atoms with van der Waals surface area (Å²) < 4.78 is 22.7. The maximum Gasteiger partial charge on any atom is 0.175 e. The molecule has 1 aromatic rings. The second-order valence-electron chi connectivity index (χ2n) is 4.75. The first-order valence-corrected chi connectivity index (χ1v) is 7.70. The minimum Gasteiger partial charge on any atom is -0.319 e. The Morgan fingerprint density at radius 3 is 2.06 bits per heavy atom. The first-order chi connectivity index (χ1) is 7.86. The van der Waals surface area contributed by atoms with Crippen molar-refractivity contribution in [2.24, 2.45) is 5.92 Å². The van der Waals surface area contributed by atoms with Crippen molar-refractivity contribution in [3.63, 3.8) is 0 Å². The fourth-order valence-electron chi connectivity index (χ4n) is 1.92. The van der Waals surface area contributed by atoms with Gasteiger partial charge in [0.15, 0.2) is 9.84 Å². The molecule has 0 saturated carbocycles. The minimum absolute atomic E-state index is 0.383. The van der Waals surface area contributed by atoms with Crippen LogP contribution in [0.3, 0.4) is 0 Å². The first kappa shape index (κ1) is 14.2. The molecule has 0 aliphatic carbocycles. The van der Waals surface area contributed by atoms with Crippen molar-refractivity contribution in [1.29, 1.82) is 0 Å². The summed E-state index contributed by atoms with van der Waals surface area (Å²) in [7, 11) is -1.16. The van der Waals surface area contributed by atoms with Gasteiger partial charge >= 0.3 is 0 Å². The molecule has 0 fully saturated rings. The molecule has 0 spiro atoms. The number of rotatable bonds is 5. The summed E-state index contributed by atoms with van der Waals surface area (Å²) in [6.07, 6.45) is 1.23.